The summed E-state index contributed by atoms with van der Waals surface area (Å²) in [5.41, 5.74) is 0. The number of alkyl halides is 4. The molecule has 0 bridgehead atoms. The van der Waals surface area contributed by atoms with Crippen LogP contribution in [0.4, 0.5) is 13.2 Å². The van der Waals surface area contributed by atoms with E-state index < -0.39 is 12.6 Å². The van der Waals surface area contributed by atoms with Crippen LogP contribution in [0.1, 0.15) is 13.3 Å². The van der Waals surface area contributed by atoms with Crippen LogP contribution < -0.4 is 5.32 Å². The molecule has 0 aromatic carbocycles. The molecule has 0 fully saturated rings. The first-order valence-electron chi connectivity index (χ1n) is 2.86. The van der Waals surface area contributed by atoms with Crippen molar-refractivity contribution in [3.8, 4) is 0 Å². The van der Waals surface area contributed by atoms with Crippen molar-refractivity contribution in [1.29, 1.82) is 0 Å². The molecule has 0 aliphatic heterocycles. The fraction of sp³-hybridized carbons (Fsp3) is 1.00. The fourth-order valence-electron chi connectivity index (χ4n) is 0.413. The molecule has 0 rings (SSSR count). The van der Waals surface area contributed by atoms with Crippen LogP contribution in [0.25, 0.3) is 0 Å². The average molecular weight is 267 g/mol. The van der Waals surface area contributed by atoms with E-state index in [1.807, 2.05) is 22.6 Å². The first-order chi connectivity index (χ1) is 4.42. The number of nitrogens with one attached hydrogen (secondary N) is 1. The second-order valence-corrected chi connectivity index (χ2v) is 3.80. The van der Waals surface area contributed by atoms with Crippen molar-refractivity contribution >= 4 is 22.6 Å². The SMILES string of the molecule is CC(I)NCCC(F)(F)F. The van der Waals surface area contributed by atoms with Crippen molar-refractivity contribution in [3.63, 3.8) is 0 Å². The number of hydrogen-bond acceptors (Lipinski definition) is 1. The second-order valence-electron chi connectivity index (χ2n) is 1.94. The van der Waals surface area contributed by atoms with Gasteiger partial charge in [0.1, 0.15) is 0 Å². The molecule has 1 N–H and O–H groups in total. The van der Waals surface area contributed by atoms with E-state index in [1.165, 1.54) is 0 Å². The van der Waals surface area contributed by atoms with Gasteiger partial charge in [0.05, 0.1) is 10.5 Å². The van der Waals surface area contributed by atoms with Gasteiger partial charge in [-0.1, -0.05) is 22.6 Å². The molecule has 0 aromatic heterocycles. The van der Waals surface area contributed by atoms with Crippen molar-refractivity contribution in [2.45, 2.75) is 23.6 Å². The van der Waals surface area contributed by atoms with E-state index in [0.29, 0.717) is 0 Å². The Hall–Kier alpha value is 0.480. The van der Waals surface area contributed by atoms with Crippen molar-refractivity contribution in [3.05, 3.63) is 0 Å². The standard InChI is InChI=1S/C5H9F3IN/c1-4(9)10-3-2-5(6,7)8/h4,10H,2-3H2,1H3. The number of halogens is 4. The van der Waals surface area contributed by atoms with Crippen LogP contribution in [0.3, 0.4) is 0 Å². The highest BCUT2D eigenvalue weighted by Crippen LogP contribution is 2.18. The summed E-state index contributed by atoms with van der Waals surface area (Å²) in [5.74, 6) is 0. The maximum absolute atomic E-state index is 11.5. The molecule has 0 saturated heterocycles. The van der Waals surface area contributed by atoms with Gasteiger partial charge in [0.2, 0.25) is 0 Å². The first kappa shape index (κ1) is 10.5. The molecule has 0 aromatic rings. The van der Waals surface area contributed by atoms with Gasteiger partial charge in [-0.05, 0) is 6.92 Å². The lowest BCUT2D eigenvalue weighted by Crippen LogP contribution is -2.25. The lowest BCUT2D eigenvalue weighted by molar-refractivity contribution is -0.133. The van der Waals surface area contributed by atoms with Crippen LogP contribution in [0, 0.1) is 0 Å². The summed E-state index contributed by atoms with van der Waals surface area (Å²) in [4.78, 5) is 0. The van der Waals surface area contributed by atoms with Crippen LogP contribution in [0.15, 0.2) is 0 Å². The topological polar surface area (TPSA) is 12.0 Å². The summed E-state index contributed by atoms with van der Waals surface area (Å²) >= 11 is 2.02. The Kier molecular flexibility index (Phi) is 4.59. The summed E-state index contributed by atoms with van der Waals surface area (Å²) < 4.78 is 34.5. The summed E-state index contributed by atoms with van der Waals surface area (Å²) in [7, 11) is 0. The molecule has 62 valence electrons. The summed E-state index contributed by atoms with van der Waals surface area (Å²) in [6.07, 6.45) is -4.78. The van der Waals surface area contributed by atoms with Crippen LogP contribution in [-0.4, -0.2) is 16.8 Å². The van der Waals surface area contributed by atoms with Crippen LogP contribution in [0.2, 0.25) is 0 Å². The highest BCUT2D eigenvalue weighted by atomic mass is 127. The second kappa shape index (κ2) is 4.38. The van der Waals surface area contributed by atoms with Crippen molar-refractivity contribution < 1.29 is 13.2 Å². The molecular weight excluding hydrogens is 258 g/mol. The highest BCUT2D eigenvalue weighted by Gasteiger charge is 2.25. The molecule has 1 nitrogen and oxygen atoms in total. The zero-order chi connectivity index (χ0) is 8.20. The maximum atomic E-state index is 11.5. The minimum Gasteiger partial charge on any atom is -0.305 e. The third-order valence-corrected chi connectivity index (χ3v) is 1.27. The van der Waals surface area contributed by atoms with Gasteiger partial charge < -0.3 is 5.32 Å². The third kappa shape index (κ3) is 8.48. The van der Waals surface area contributed by atoms with Crippen LogP contribution in [0.5, 0.6) is 0 Å². The normalized spacial score (nSPS) is 15.3. The van der Waals surface area contributed by atoms with Crippen molar-refractivity contribution in [2.24, 2.45) is 0 Å². The molecule has 0 spiro atoms. The zero-order valence-electron chi connectivity index (χ0n) is 5.50. The van der Waals surface area contributed by atoms with Crippen molar-refractivity contribution in [1.82, 2.24) is 5.32 Å². The predicted molar refractivity (Wildman–Crippen MR) is 42.2 cm³/mol. The molecule has 0 heterocycles. The summed E-state index contributed by atoms with van der Waals surface area (Å²) in [5, 5.41) is 2.67. The van der Waals surface area contributed by atoms with E-state index in [9.17, 15) is 13.2 Å². The molecule has 5 heteroatoms. The van der Waals surface area contributed by atoms with Crippen molar-refractivity contribution in [2.75, 3.05) is 6.54 Å². The molecule has 0 radical (unpaired) electrons. The largest absolute Gasteiger partial charge is 0.390 e. The highest BCUT2D eigenvalue weighted by molar-refractivity contribution is 14.1. The van der Waals surface area contributed by atoms with Gasteiger partial charge in [-0.15, -0.1) is 0 Å². The Morgan fingerprint density at radius 1 is 1.50 bits per heavy atom. The van der Waals surface area contributed by atoms with Gasteiger partial charge in [0.15, 0.2) is 0 Å². The predicted octanol–water partition coefficient (Wildman–Crippen LogP) is 2.31. The van der Waals surface area contributed by atoms with E-state index >= 15 is 0 Å². The van der Waals surface area contributed by atoms with Crippen LogP contribution >= 0.6 is 22.6 Å². The van der Waals surface area contributed by atoms with Gasteiger partial charge in [-0.3, -0.25) is 0 Å². The van der Waals surface area contributed by atoms with E-state index in [-0.39, 0.29) is 10.6 Å². The zero-order valence-corrected chi connectivity index (χ0v) is 7.66. The smallest absolute Gasteiger partial charge is 0.305 e. The third-order valence-electron chi connectivity index (χ3n) is 0.834. The summed E-state index contributed by atoms with van der Waals surface area (Å²) in [6, 6.07) is 0. The Bertz CT molecular complexity index is 91.4. The minimum absolute atomic E-state index is 0.00755. The molecular formula is C5H9F3IN. The maximum Gasteiger partial charge on any atom is 0.390 e. The Balaban J connectivity index is 3.21. The lowest BCUT2D eigenvalue weighted by atomic mass is 10.4. The lowest BCUT2D eigenvalue weighted by Gasteiger charge is -2.08. The average Bonchev–Trinajstić information content (AvgIpc) is 1.59. The van der Waals surface area contributed by atoms with Gasteiger partial charge >= 0.3 is 6.18 Å². The van der Waals surface area contributed by atoms with Gasteiger partial charge in [0.25, 0.3) is 0 Å². The molecule has 0 aliphatic carbocycles. The Morgan fingerprint density at radius 3 is 2.30 bits per heavy atom. The van der Waals surface area contributed by atoms with E-state index in [1.54, 1.807) is 6.92 Å². The minimum atomic E-state index is -4.03. The Labute approximate surface area is 71.5 Å². The van der Waals surface area contributed by atoms with E-state index in [4.69, 9.17) is 0 Å². The molecule has 0 aliphatic rings. The van der Waals surface area contributed by atoms with Gasteiger partial charge in [0, 0.05) is 6.54 Å². The first-order valence-corrected chi connectivity index (χ1v) is 4.10. The molecule has 0 saturated carbocycles. The monoisotopic (exact) mass is 267 g/mol. The number of hydrogen-bond donors (Lipinski definition) is 1. The molecule has 1 atom stereocenters. The summed E-state index contributed by atoms with van der Waals surface area (Å²) in [6.45, 7) is 1.81. The van der Waals surface area contributed by atoms with Crippen LogP contribution in [-0.2, 0) is 0 Å². The number of rotatable bonds is 3. The quantitative estimate of drug-likeness (QED) is 0.470. The molecule has 10 heavy (non-hydrogen) atoms. The van der Waals surface area contributed by atoms with Gasteiger partial charge in [-0.25, -0.2) is 0 Å². The molecule has 1 unspecified atom stereocenters. The van der Waals surface area contributed by atoms with E-state index in [0.717, 1.165) is 0 Å². The Morgan fingerprint density at radius 2 is 2.00 bits per heavy atom. The van der Waals surface area contributed by atoms with Gasteiger partial charge in [-0.2, -0.15) is 13.2 Å². The molecule has 0 amide bonds. The van der Waals surface area contributed by atoms with E-state index in [2.05, 4.69) is 5.32 Å². The fourth-order valence-corrected chi connectivity index (χ4v) is 0.724.